The molecule has 4 heteroatoms. The second-order valence-corrected chi connectivity index (χ2v) is 13.8. The average Bonchev–Trinajstić information content (AvgIpc) is 3.75. The van der Waals surface area contributed by atoms with E-state index in [1.165, 1.54) is 11.1 Å². The van der Waals surface area contributed by atoms with Gasteiger partial charge in [0.05, 0.1) is 23.0 Å². The Kier molecular flexibility index (Phi) is 5.55. The monoisotopic (exact) mass is 684 g/mol. The van der Waals surface area contributed by atoms with Crippen molar-refractivity contribution in [1.29, 1.82) is 0 Å². The minimum absolute atomic E-state index is 0.0733. The molecule has 0 radical (unpaired) electrons. The molecular weight excluding hydrogens is 660 g/mol. The molecule has 2 heterocycles. The van der Waals surface area contributed by atoms with Gasteiger partial charge >= 0.3 is 0 Å². The molecule has 0 aromatic heterocycles. The number of halogens is 2. The quantitative estimate of drug-likeness (QED) is 0.188. The molecule has 2 aliphatic carbocycles. The number of rotatable bonds is 4. The van der Waals surface area contributed by atoms with Crippen LogP contribution in [0, 0.1) is 11.8 Å². The zero-order valence-electron chi connectivity index (χ0n) is 23.1. The molecule has 1 saturated carbocycles. The van der Waals surface area contributed by atoms with Crippen molar-refractivity contribution >= 4 is 48.8 Å². The number of hydrogen-bond donors (Lipinski definition) is 0. The number of Topliss-reactive ketones (excluding diaryl/α,β-unsaturated/α-hetero) is 1. The molecule has 1 saturated heterocycles. The van der Waals surface area contributed by atoms with Gasteiger partial charge in [-0.25, -0.2) is 0 Å². The summed E-state index contributed by atoms with van der Waals surface area (Å²) in [5.74, 6) is 0.126. The van der Waals surface area contributed by atoms with E-state index in [2.05, 4.69) is 153 Å². The second kappa shape index (κ2) is 9.22. The van der Waals surface area contributed by atoms with Crippen molar-refractivity contribution in [1.82, 2.24) is 0 Å². The van der Waals surface area contributed by atoms with Crippen LogP contribution in [0.1, 0.15) is 45.6 Å². The molecule has 2 nitrogen and oxygen atoms in total. The first-order valence-electron chi connectivity index (χ1n) is 14.8. The van der Waals surface area contributed by atoms with E-state index in [0.29, 0.717) is 0 Å². The molecule has 43 heavy (non-hydrogen) atoms. The third-order valence-electron chi connectivity index (χ3n) is 10.4. The zero-order valence-corrected chi connectivity index (χ0v) is 26.3. The van der Waals surface area contributed by atoms with Crippen LogP contribution in [-0.4, -0.2) is 5.78 Å². The fourth-order valence-electron chi connectivity index (χ4n) is 9.16. The Morgan fingerprint density at radius 2 is 0.860 bits per heavy atom. The Balaban J connectivity index is 1.49. The molecule has 208 valence electrons. The summed E-state index contributed by atoms with van der Waals surface area (Å²) in [6, 6.07) is 46.7. The molecular formula is C39H26Br2O2. The van der Waals surface area contributed by atoms with Crippen molar-refractivity contribution in [3.8, 4) is 0 Å². The SMILES string of the molecule is O=C1[C@@]2(c3ccccc3)C(c3ccccc3)=C(c3ccccc3)[C@]1(c1ccccc1)[C@@H]1[C@@H]2[C@H]2O[C@H]1c1cc(Br)c(Br)cc12. The van der Waals surface area contributed by atoms with Gasteiger partial charge in [-0.15, -0.1) is 0 Å². The van der Waals surface area contributed by atoms with Crippen LogP contribution in [0.5, 0.6) is 0 Å². The summed E-state index contributed by atoms with van der Waals surface area (Å²) in [5.41, 5.74) is 7.10. The summed E-state index contributed by atoms with van der Waals surface area (Å²) < 4.78 is 9.10. The number of fused-ring (bicyclic) bond motifs is 12. The molecule has 4 aliphatic rings. The molecule has 0 N–H and O–H groups in total. The predicted octanol–water partition coefficient (Wildman–Crippen LogP) is 9.65. The summed E-state index contributed by atoms with van der Waals surface area (Å²) >= 11 is 7.52. The van der Waals surface area contributed by atoms with Gasteiger partial charge < -0.3 is 4.74 Å². The number of carbonyl (C=O) groups is 1. The van der Waals surface area contributed by atoms with Crippen molar-refractivity contribution in [2.75, 3.05) is 0 Å². The Labute approximate surface area is 267 Å². The normalized spacial score (nSPS) is 29.7. The van der Waals surface area contributed by atoms with Crippen LogP contribution in [0.2, 0.25) is 0 Å². The third-order valence-corrected chi connectivity index (χ3v) is 12.3. The summed E-state index contributed by atoms with van der Waals surface area (Å²) in [5, 5.41) is 0. The second-order valence-electron chi connectivity index (χ2n) is 12.1. The highest BCUT2D eigenvalue weighted by atomic mass is 79.9. The van der Waals surface area contributed by atoms with Gasteiger partial charge in [-0.3, -0.25) is 4.79 Å². The van der Waals surface area contributed by atoms with Crippen LogP contribution in [-0.2, 0) is 20.4 Å². The van der Waals surface area contributed by atoms with Crippen LogP contribution >= 0.6 is 31.9 Å². The number of hydrogen-bond acceptors (Lipinski definition) is 2. The molecule has 4 bridgehead atoms. The lowest BCUT2D eigenvalue weighted by Gasteiger charge is -2.45. The Hall–Kier alpha value is -3.57. The van der Waals surface area contributed by atoms with Gasteiger partial charge in [0, 0.05) is 20.8 Å². The first-order chi connectivity index (χ1) is 21.1. The number of ether oxygens (including phenoxy) is 1. The van der Waals surface area contributed by atoms with E-state index >= 15 is 4.79 Å². The first-order valence-corrected chi connectivity index (χ1v) is 16.3. The minimum atomic E-state index is -0.898. The lowest BCUT2D eigenvalue weighted by Crippen LogP contribution is -2.42. The fraction of sp³-hybridized carbons (Fsp3) is 0.154. The van der Waals surface area contributed by atoms with E-state index in [1.54, 1.807) is 0 Å². The molecule has 6 atom stereocenters. The maximum atomic E-state index is 16.1. The standard InChI is InChI=1S/C39H26Br2O2/c40-29-21-27-28(22-30(29)41)36-34-33(35(27)43-36)38(25-17-9-3-10-18-25)31(23-13-5-1-6-14-23)32(24-15-7-2-8-16-24)39(34,37(38)42)26-19-11-4-12-20-26/h1-22,33-36H/t33-,34-,35+,36+,38-,39+/m1/s1. The fourth-order valence-corrected chi connectivity index (χ4v) is 9.88. The van der Waals surface area contributed by atoms with Crippen molar-refractivity contribution in [3.63, 3.8) is 0 Å². The van der Waals surface area contributed by atoms with Crippen LogP contribution in [0.15, 0.2) is 142 Å². The maximum Gasteiger partial charge on any atom is 0.163 e. The van der Waals surface area contributed by atoms with E-state index < -0.39 is 10.8 Å². The molecule has 5 aromatic rings. The van der Waals surface area contributed by atoms with Gasteiger partial charge in [0.1, 0.15) is 0 Å². The number of ketones is 1. The zero-order chi connectivity index (χ0) is 28.9. The van der Waals surface area contributed by atoms with Gasteiger partial charge in [0.25, 0.3) is 0 Å². The summed E-state index contributed by atoms with van der Waals surface area (Å²) in [6.45, 7) is 0. The molecule has 0 unspecified atom stereocenters. The van der Waals surface area contributed by atoms with E-state index in [9.17, 15) is 0 Å². The molecule has 2 fully saturated rings. The van der Waals surface area contributed by atoms with Crippen molar-refractivity contribution in [2.24, 2.45) is 11.8 Å². The lowest BCUT2D eigenvalue weighted by atomic mass is 9.54. The first kappa shape index (κ1) is 25.9. The third kappa shape index (κ3) is 3.09. The van der Waals surface area contributed by atoms with Crippen molar-refractivity contribution in [3.05, 3.63) is 176 Å². The van der Waals surface area contributed by atoms with Crippen molar-refractivity contribution < 1.29 is 9.53 Å². The van der Waals surface area contributed by atoms with Crippen LogP contribution in [0.4, 0.5) is 0 Å². The van der Waals surface area contributed by atoms with E-state index in [0.717, 1.165) is 42.3 Å². The van der Waals surface area contributed by atoms with Crippen LogP contribution in [0.25, 0.3) is 11.1 Å². The van der Waals surface area contributed by atoms with Crippen molar-refractivity contribution in [2.45, 2.75) is 23.0 Å². The van der Waals surface area contributed by atoms with Crippen LogP contribution in [0.3, 0.4) is 0 Å². The van der Waals surface area contributed by atoms with Gasteiger partial charge in [-0.05, 0) is 88.5 Å². The number of benzene rings is 5. The highest BCUT2D eigenvalue weighted by Gasteiger charge is 2.82. The predicted molar refractivity (Wildman–Crippen MR) is 176 cm³/mol. The van der Waals surface area contributed by atoms with Crippen LogP contribution < -0.4 is 0 Å². The molecule has 0 spiro atoms. The van der Waals surface area contributed by atoms with E-state index in [4.69, 9.17) is 4.74 Å². The molecule has 2 aliphatic heterocycles. The van der Waals surface area contributed by atoms with Gasteiger partial charge in [-0.2, -0.15) is 0 Å². The summed E-state index contributed by atoms with van der Waals surface area (Å²) in [6.07, 6.45) is -0.416. The average molecular weight is 686 g/mol. The van der Waals surface area contributed by atoms with Gasteiger partial charge in [0.15, 0.2) is 5.78 Å². The lowest BCUT2D eigenvalue weighted by molar-refractivity contribution is -0.125. The summed E-state index contributed by atoms with van der Waals surface area (Å²) in [7, 11) is 0. The Bertz CT molecular complexity index is 1810. The topological polar surface area (TPSA) is 26.3 Å². The van der Waals surface area contributed by atoms with E-state index in [-0.39, 0.29) is 29.8 Å². The Morgan fingerprint density at radius 1 is 0.512 bits per heavy atom. The van der Waals surface area contributed by atoms with E-state index in [1.807, 2.05) is 12.1 Å². The van der Waals surface area contributed by atoms with Gasteiger partial charge in [0.2, 0.25) is 0 Å². The number of carbonyl (C=O) groups excluding carboxylic acids is 1. The molecule has 5 aromatic carbocycles. The minimum Gasteiger partial charge on any atom is -0.365 e. The maximum absolute atomic E-state index is 16.1. The number of allylic oxidation sites excluding steroid dienone is 2. The largest absolute Gasteiger partial charge is 0.365 e. The molecule has 9 rings (SSSR count). The van der Waals surface area contributed by atoms with Gasteiger partial charge in [-0.1, -0.05) is 121 Å². The smallest absolute Gasteiger partial charge is 0.163 e. The molecule has 0 amide bonds. The summed E-state index contributed by atoms with van der Waals surface area (Å²) in [4.78, 5) is 16.1. The Morgan fingerprint density at radius 3 is 1.23 bits per heavy atom. The highest BCUT2D eigenvalue weighted by molar-refractivity contribution is 9.13. The highest BCUT2D eigenvalue weighted by Crippen LogP contribution is 2.81.